The van der Waals surface area contributed by atoms with Gasteiger partial charge >= 0.3 is 0 Å². The number of halogens is 2. The second-order valence-corrected chi connectivity index (χ2v) is 6.29. The number of hydrogen-bond donors (Lipinski definition) is 1. The van der Waals surface area contributed by atoms with Gasteiger partial charge in [0.05, 0.1) is 36.1 Å². The standard InChI is InChI=1S/C20H22Cl2N2O4/c1-4-26-17-10-14(11-18(27-5-2)19(17)28-6-3)20(25)24-23-12-13-7-8-15(21)16(22)9-13/h7-12H,4-6H2,1-3H3,(H,24,25)/b23-12-. The minimum Gasteiger partial charge on any atom is -0.490 e. The Bertz CT molecular complexity index is 829. The Labute approximate surface area is 174 Å². The first kappa shape index (κ1) is 21.9. The number of nitrogens with zero attached hydrogens (tertiary/aromatic N) is 1. The van der Waals surface area contributed by atoms with Crippen molar-refractivity contribution in [3.05, 3.63) is 51.5 Å². The molecule has 28 heavy (non-hydrogen) atoms. The van der Waals surface area contributed by atoms with E-state index >= 15 is 0 Å². The fourth-order valence-electron chi connectivity index (χ4n) is 2.34. The van der Waals surface area contributed by atoms with Crippen molar-refractivity contribution in [1.82, 2.24) is 5.43 Å². The van der Waals surface area contributed by atoms with Crippen LogP contribution in [0.5, 0.6) is 17.2 Å². The van der Waals surface area contributed by atoms with Crippen LogP contribution in [0.4, 0.5) is 0 Å². The van der Waals surface area contributed by atoms with E-state index in [1.807, 2.05) is 20.8 Å². The van der Waals surface area contributed by atoms with Gasteiger partial charge in [0.2, 0.25) is 5.75 Å². The normalized spacial score (nSPS) is 10.8. The van der Waals surface area contributed by atoms with Gasteiger partial charge in [-0.15, -0.1) is 0 Å². The molecule has 0 bridgehead atoms. The Morgan fingerprint density at radius 3 is 2.11 bits per heavy atom. The first-order chi connectivity index (χ1) is 13.5. The molecule has 0 saturated carbocycles. The fraction of sp³-hybridized carbons (Fsp3) is 0.300. The number of hydrazone groups is 1. The predicted molar refractivity (Wildman–Crippen MR) is 111 cm³/mol. The number of benzene rings is 2. The summed E-state index contributed by atoms with van der Waals surface area (Å²) in [4.78, 5) is 12.5. The number of ether oxygens (including phenoxy) is 3. The molecule has 0 spiro atoms. The first-order valence-electron chi connectivity index (χ1n) is 8.85. The minimum absolute atomic E-state index is 0.335. The third kappa shape index (κ3) is 5.78. The molecule has 0 aliphatic rings. The van der Waals surface area contributed by atoms with Crippen molar-refractivity contribution in [2.24, 2.45) is 5.10 Å². The van der Waals surface area contributed by atoms with Crippen LogP contribution in [-0.4, -0.2) is 31.9 Å². The fourth-order valence-corrected chi connectivity index (χ4v) is 2.65. The van der Waals surface area contributed by atoms with E-state index in [2.05, 4.69) is 10.5 Å². The zero-order valence-electron chi connectivity index (χ0n) is 15.9. The molecule has 0 aromatic heterocycles. The summed E-state index contributed by atoms with van der Waals surface area (Å²) in [6.07, 6.45) is 1.47. The van der Waals surface area contributed by atoms with E-state index in [0.717, 1.165) is 0 Å². The molecule has 0 unspecified atom stereocenters. The molecule has 0 fully saturated rings. The van der Waals surface area contributed by atoms with E-state index in [1.165, 1.54) is 6.21 Å². The maximum absolute atomic E-state index is 12.5. The van der Waals surface area contributed by atoms with Crippen molar-refractivity contribution in [3.63, 3.8) is 0 Å². The maximum Gasteiger partial charge on any atom is 0.271 e. The van der Waals surface area contributed by atoms with Gasteiger partial charge in [-0.25, -0.2) is 5.43 Å². The Hall–Kier alpha value is -2.44. The molecular formula is C20H22Cl2N2O4. The van der Waals surface area contributed by atoms with E-state index in [-0.39, 0.29) is 0 Å². The highest BCUT2D eigenvalue weighted by atomic mass is 35.5. The summed E-state index contributed by atoms with van der Waals surface area (Å²) in [7, 11) is 0. The van der Waals surface area contributed by atoms with Crippen molar-refractivity contribution < 1.29 is 19.0 Å². The van der Waals surface area contributed by atoms with E-state index in [1.54, 1.807) is 30.3 Å². The van der Waals surface area contributed by atoms with Crippen LogP contribution in [0.2, 0.25) is 10.0 Å². The summed E-state index contributed by atoms with van der Waals surface area (Å²) in [5.74, 6) is 0.936. The number of carbonyl (C=O) groups is 1. The molecule has 1 amide bonds. The summed E-state index contributed by atoms with van der Waals surface area (Å²) >= 11 is 11.8. The molecule has 0 saturated heterocycles. The van der Waals surface area contributed by atoms with Gasteiger partial charge in [-0.3, -0.25) is 4.79 Å². The molecule has 6 nitrogen and oxygen atoms in total. The number of hydrogen-bond acceptors (Lipinski definition) is 5. The molecule has 0 radical (unpaired) electrons. The molecule has 8 heteroatoms. The molecule has 2 rings (SSSR count). The van der Waals surface area contributed by atoms with Gasteiger partial charge in [0.25, 0.3) is 5.91 Å². The highest BCUT2D eigenvalue weighted by Gasteiger charge is 2.18. The van der Waals surface area contributed by atoms with Gasteiger partial charge in [0.15, 0.2) is 11.5 Å². The Kier molecular flexibility index (Phi) is 8.42. The highest BCUT2D eigenvalue weighted by molar-refractivity contribution is 6.42. The van der Waals surface area contributed by atoms with Crippen molar-refractivity contribution >= 4 is 35.3 Å². The highest BCUT2D eigenvalue weighted by Crippen LogP contribution is 2.39. The number of nitrogens with one attached hydrogen (secondary N) is 1. The summed E-state index contributed by atoms with van der Waals surface area (Å²) < 4.78 is 16.9. The quantitative estimate of drug-likeness (QED) is 0.456. The van der Waals surface area contributed by atoms with E-state index in [4.69, 9.17) is 37.4 Å². The summed E-state index contributed by atoms with van der Waals surface area (Å²) in [5, 5.41) is 4.82. The Morgan fingerprint density at radius 1 is 0.964 bits per heavy atom. The van der Waals surface area contributed by atoms with Gasteiger partial charge in [-0.2, -0.15) is 5.10 Å². The summed E-state index contributed by atoms with van der Waals surface area (Å²) in [5.41, 5.74) is 3.51. The van der Waals surface area contributed by atoms with Crippen LogP contribution >= 0.6 is 23.2 Å². The Balaban J connectivity index is 2.23. The molecule has 0 atom stereocenters. The molecule has 2 aromatic carbocycles. The van der Waals surface area contributed by atoms with Gasteiger partial charge < -0.3 is 14.2 Å². The van der Waals surface area contributed by atoms with Crippen molar-refractivity contribution in [1.29, 1.82) is 0 Å². The average molecular weight is 425 g/mol. The topological polar surface area (TPSA) is 69.2 Å². The van der Waals surface area contributed by atoms with Crippen molar-refractivity contribution in [2.45, 2.75) is 20.8 Å². The lowest BCUT2D eigenvalue weighted by molar-refractivity contribution is 0.0954. The van der Waals surface area contributed by atoms with E-state index < -0.39 is 5.91 Å². The second-order valence-electron chi connectivity index (χ2n) is 5.47. The monoisotopic (exact) mass is 424 g/mol. The lowest BCUT2D eigenvalue weighted by Crippen LogP contribution is -2.18. The van der Waals surface area contributed by atoms with Gasteiger partial charge in [0, 0.05) is 5.56 Å². The second kappa shape index (κ2) is 10.8. The lowest BCUT2D eigenvalue weighted by Gasteiger charge is -2.16. The first-order valence-corrected chi connectivity index (χ1v) is 9.60. The van der Waals surface area contributed by atoms with Crippen LogP contribution in [0.3, 0.4) is 0 Å². The van der Waals surface area contributed by atoms with E-state index in [0.29, 0.717) is 58.2 Å². The smallest absolute Gasteiger partial charge is 0.271 e. The van der Waals surface area contributed by atoms with Crippen molar-refractivity contribution in [2.75, 3.05) is 19.8 Å². The molecule has 150 valence electrons. The van der Waals surface area contributed by atoms with Crippen LogP contribution in [0, 0.1) is 0 Å². The third-order valence-electron chi connectivity index (χ3n) is 3.49. The van der Waals surface area contributed by atoms with Crippen LogP contribution in [0.1, 0.15) is 36.7 Å². The van der Waals surface area contributed by atoms with Crippen LogP contribution < -0.4 is 19.6 Å². The number of carbonyl (C=O) groups excluding carboxylic acids is 1. The Morgan fingerprint density at radius 2 is 1.57 bits per heavy atom. The summed E-state index contributed by atoms with van der Waals surface area (Å²) in [6.45, 7) is 6.86. The molecule has 1 N–H and O–H groups in total. The zero-order valence-corrected chi connectivity index (χ0v) is 17.4. The minimum atomic E-state index is -0.415. The zero-order chi connectivity index (χ0) is 20.5. The van der Waals surface area contributed by atoms with Crippen LogP contribution in [-0.2, 0) is 0 Å². The number of rotatable bonds is 9. The van der Waals surface area contributed by atoms with Crippen molar-refractivity contribution in [3.8, 4) is 17.2 Å². The molecule has 0 aliphatic carbocycles. The molecule has 0 aliphatic heterocycles. The molecular weight excluding hydrogens is 403 g/mol. The molecule has 0 heterocycles. The number of amides is 1. The van der Waals surface area contributed by atoms with Gasteiger partial charge in [0.1, 0.15) is 0 Å². The lowest BCUT2D eigenvalue weighted by atomic mass is 10.1. The van der Waals surface area contributed by atoms with Crippen LogP contribution in [0.25, 0.3) is 0 Å². The van der Waals surface area contributed by atoms with E-state index in [9.17, 15) is 4.79 Å². The average Bonchev–Trinajstić information content (AvgIpc) is 2.67. The molecule has 2 aromatic rings. The SMILES string of the molecule is CCOc1cc(C(=O)N/N=C\c2ccc(Cl)c(Cl)c2)cc(OCC)c1OCC. The predicted octanol–water partition coefficient (Wildman–Crippen LogP) is 4.95. The maximum atomic E-state index is 12.5. The summed E-state index contributed by atoms with van der Waals surface area (Å²) in [6, 6.07) is 8.24. The largest absolute Gasteiger partial charge is 0.490 e. The van der Waals surface area contributed by atoms with Crippen LogP contribution in [0.15, 0.2) is 35.4 Å². The van der Waals surface area contributed by atoms with Gasteiger partial charge in [-0.1, -0.05) is 29.3 Å². The third-order valence-corrected chi connectivity index (χ3v) is 4.23. The van der Waals surface area contributed by atoms with Gasteiger partial charge in [-0.05, 0) is 50.6 Å².